The summed E-state index contributed by atoms with van der Waals surface area (Å²) in [7, 11) is 1.64. The highest BCUT2D eigenvalue weighted by Gasteiger charge is 2.02. The topological polar surface area (TPSA) is 44.5 Å². The minimum absolute atomic E-state index is 0.670. The molecule has 1 aromatic rings. The Balaban J connectivity index is 2.15. The Kier molecular flexibility index (Phi) is 7.87. The van der Waals surface area contributed by atoms with E-state index in [1.807, 2.05) is 18.2 Å². The molecular weight excluding hydrogens is 238 g/mol. The maximum atomic E-state index is 5.86. The second-order valence-corrected chi connectivity index (χ2v) is 4.87. The Labute approximate surface area is 117 Å². The monoisotopic (exact) mass is 265 g/mol. The zero-order chi connectivity index (χ0) is 13.9. The van der Waals surface area contributed by atoms with E-state index in [4.69, 9.17) is 15.2 Å². The summed E-state index contributed by atoms with van der Waals surface area (Å²) in [4.78, 5) is 0. The summed E-state index contributed by atoms with van der Waals surface area (Å²) in [5, 5.41) is 0. The van der Waals surface area contributed by atoms with Crippen molar-refractivity contribution < 1.29 is 9.47 Å². The van der Waals surface area contributed by atoms with Crippen molar-refractivity contribution >= 4 is 5.69 Å². The lowest BCUT2D eigenvalue weighted by molar-refractivity contribution is 0.303. The molecule has 0 unspecified atom stereocenters. The summed E-state index contributed by atoms with van der Waals surface area (Å²) in [6.45, 7) is 2.97. The standard InChI is InChI=1S/C16H27NO2/c1-3-4-5-6-7-8-9-12-19-16-13-14(18-2)10-11-15(16)17/h10-11,13H,3-9,12,17H2,1-2H3. The third-order valence-corrected chi connectivity index (χ3v) is 3.23. The highest BCUT2D eigenvalue weighted by molar-refractivity contribution is 5.55. The van der Waals surface area contributed by atoms with E-state index in [1.165, 1.54) is 38.5 Å². The van der Waals surface area contributed by atoms with Crippen molar-refractivity contribution in [3.63, 3.8) is 0 Å². The zero-order valence-electron chi connectivity index (χ0n) is 12.3. The molecule has 3 heteroatoms. The number of anilines is 1. The van der Waals surface area contributed by atoms with Gasteiger partial charge in [-0.2, -0.15) is 0 Å². The molecule has 1 aromatic carbocycles. The molecule has 0 heterocycles. The molecule has 1 rings (SSSR count). The van der Waals surface area contributed by atoms with Gasteiger partial charge < -0.3 is 15.2 Å². The minimum Gasteiger partial charge on any atom is -0.497 e. The van der Waals surface area contributed by atoms with Crippen molar-refractivity contribution in [3.05, 3.63) is 18.2 Å². The number of hydrogen-bond donors (Lipinski definition) is 1. The van der Waals surface area contributed by atoms with Crippen LogP contribution in [0.4, 0.5) is 5.69 Å². The van der Waals surface area contributed by atoms with Crippen LogP contribution in [-0.2, 0) is 0 Å². The normalized spacial score (nSPS) is 10.4. The fourth-order valence-electron chi connectivity index (χ4n) is 2.01. The van der Waals surface area contributed by atoms with E-state index in [2.05, 4.69) is 6.92 Å². The van der Waals surface area contributed by atoms with E-state index in [0.29, 0.717) is 5.69 Å². The molecule has 0 aromatic heterocycles. The van der Waals surface area contributed by atoms with Gasteiger partial charge in [-0.3, -0.25) is 0 Å². The molecule has 0 fully saturated rings. The molecule has 0 radical (unpaired) electrons. The predicted molar refractivity (Wildman–Crippen MR) is 80.9 cm³/mol. The Hall–Kier alpha value is -1.38. The van der Waals surface area contributed by atoms with Crippen molar-refractivity contribution in [2.24, 2.45) is 0 Å². The summed E-state index contributed by atoms with van der Waals surface area (Å²) in [6, 6.07) is 5.51. The van der Waals surface area contributed by atoms with E-state index >= 15 is 0 Å². The largest absolute Gasteiger partial charge is 0.497 e. The molecule has 0 amide bonds. The fourth-order valence-corrected chi connectivity index (χ4v) is 2.01. The fraction of sp³-hybridized carbons (Fsp3) is 0.625. The van der Waals surface area contributed by atoms with Gasteiger partial charge in [0.25, 0.3) is 0 Å². The number of ether oxygens (including phenoxy) is 2. The molecule has 0 atom stereocenters. The van der Waals surface area contributed by atoms with E-state index in [-0.39, 0.29) is 0 Å². The lowest BCUT2D eigenvalue weighted by Crippen LogP contribution is -2.00. The number of nitrogens with two attached hydrogens (primary N) is 1. The number of unbranched alkanes of at least 4 members (excludes halogenated alkanes) is 6. The van der Waals surface area contributed by atoms with Crippen molar-refractivity contribution in [1.29, 1.82) is 0 Å². The molecule has 108 valence electrons. The predicted octanol–water partition coefficient (Wildman–Crippen LogP) is 4.41. The van der Waals surface area contributed by atoms with Gasteiger partial charge in [-0.25, -0.2) is 0 Å². The minimum atomic E-state index is 0.670. The highest BCUT2D eigenvalue weighted by atomic mass is 16.5. The molecule has 0 saturated carbocycles. The average molecular weight is 265 g/mol. The highest BCUT2D eigenvalue weighted by Crippen LogP contribution is 2.26. The summed E-state index contributed by atoms with van der Waals surface area (Å²) < 4.78 is 10.9. The van der Waals surface area contributed by atoms with Gasteiger partial charge in [0.2, 0.25) is 0 Å². The molecule has 19 heavy (non-hydrogen) atoms. The van der Waals surface area contributed by atoms with E-state index in [1.54, 1.807) is 7.11 Å². The molecule has 3 nitrogen and oxygen atoms in total. The number of rotatable bonds is 10. The van der Waals surface area contributed by atoms with Crippen LogP contribution in [-0.4, -0.2) is 13.7 Å². The van der Waals surface area contributed by atoms with Crippen molar-refractivity contribution in [2.75, 3.05) is 19.5 Å². The Morgan fingerprint density at radius 3 is 2.37 bits per heavy atom. The van der Waals surface area contributed by atoms with Crippen molar-refractivity contribution in [3.8, 4) is 11.5 Å². The lowest BCUT2D eigenvalue weighted by atomic mass is 10.1. The second kappa shape index (κ2) is 9.54. The van der Waals surface area contributed by atoms with Gasteiger partial charge in [0.15, 0.2) is 0 Å². The smallest absolute Gasteiger partial charge is 0.145 e. The summed E-state index contributed by atoms with van der Waals surface area (Å²) in [6.07, 6.45) is 8.98. The first-order chi connectivity index (χ1) is 9.27. The van der Waals surface area contributed by atoms with Crippen LogP contribution in [0.25, 0.3) is 0 Å². The molecule has 0 aliphatic rings. The number of hydrogen-bond acceptors (Lipinski definition) is 3. The average Bonchev–Trinajstić information content (AvgIpc) is 2.43. The van der Waals surface area contributed by atoms with Crippen LogP contribution in [0.3, 0.4) is 0 Å². The van der Waals surface area contributed by atoms with Gasteiger partial charge >= 0.3 is 0 Å². The van der Waals surface area contributed by atoms with Gasteiger partial charge in [0, 0.05) is 6.07 Å². The Morgan fingerprint density at radius 2 is 1.68 bits per heavy atom. The van der Waals surface area contributed by atoms with Crippen LogP contribution in [0.15, 0.2) is 18.2 Å². The lowest BCUT2D eigenvalue weighted by Gasteiger charge is -2.10. The molecule has 0 saturated heterocycles. The maximum absolute atomic E-state index is 5.86. The first-order valence-corrected chi connectivity index (χ1v) is 7.34. The summed E-state index contributed by atoms with van der Waals surface area (Å²) in [5.41, 5.74) is 6.53. The zero-order valence-corrected chi connectivity index (χ0v) is 12.3. The van der Waals surface area contributed by atoms with Gasteiger partial charge in [-0.15, -0.1) is 0 Å². The number of methoxy groups -OCH3 is 1. The number of nitrogen functional groups attached to an aromatic ring is 1. The molecule has 2 N–H and O–H groups in total. The van der Waals surface area contributed by atoms with Gasteiger partial charge in [-0.05, 0) is 18.6 Å². The molecule has 0 bridgehead atoms. The molecule has 0 spiro atoms. The Morgan fingerprint density at radius 1 is 1.00 bits per heavy atom. The second-order valence-electron chi connectivity index (χ2n) is 4.87. The van der Waals surface area contributed by atoms with Crippen LogP contribution in [0.5, 0.6) is 11.5 Å². The summed E-state index contributed by atoms with van der Waals surface area (Å²) in [5.74, 6) is 1.51. The first-order valence-electron chi connectivity index (χ1n) is 7.34. The van der Waals surface area contributed by atoms with Gasteiger partial charge in [-0.1, -0.05) is 45.4 Å². The maximum Gasteiger partial charge on any atom is 0.145 e. The van der Waals surface area contributed by atoms with Crippen LogP contribution < -0.4 is 15.2 Å². The first kappa shape index (κ1) is 15.7. The van der Waals surface area contributed by atoms with Crippen molar-refractivity contribution in [2.45, 2.75) is 51.9 Å². The third kappa shape index (κ3) is 6.37. The Bertz CT molecular complexity index is 353. The van der Waals surface area contributed by atoms with E-state index in [9.17, 15) is 0 Å². The summed E-state index contributed by atoms with van der Waals surface area (Å²) >= 11 is 0. The SMILES string of the molecule is CCCCCCCCCOc1cc(OC)ccc1N. The quantitative estimate of drug-likeness (QED) is 0.503. The van der Waals surface area contributed by atoms with E-state index in [0.717, 1.165) is 24.5 Å². The van der Waals surface area contributed by atoms with E-state index < -0.39 is 0 Å². The molecular formula is C16H27NO2. The molecule has 0 aliphatic heterocycles. The third-order valence-electron chi connectivity index (χ3n) is 3.23. The van der Waals surface area contributed by atoms with Gasteiger partial charge in [0.1, 0.15) is 11.5 Å². The van der Waals surface area contributed by atoms with Crippen LogP contribution >= 0.6 is 0 Å². The number of benzene rings is 1. The van der Waals surface area contributed by atoms with Crippen LogP contribution in [0, 0.1) is 0 Å². The van der Waals surface area contributed by atoms with Crippen LogP contribution in [0.2, 0.25) is 0 Å². The molecule has 0 aliphatic carbocycles. The van der Waals surface area contributed by atoms with Crippen LogP contribution in [0.1, 0.15) is 51.9 Å². The van der Waals surface area contributed by atoms with Gasteiger partial charge in [0.05, 0.1) is 19.4 Å². The van der Waals surface area contributed by atoms with Crippen molar-refractivity contribution in [1.82, 2.24) is 0 Å².